The number of hydrogen-bond acceptors (Lipinski definition) is 7. The van der Waals surface area contributed by atoms with Crippen LogP contribution in [0.25, 0.3) is 10.5 Å². The average Bonchev–Trinajstić information content (AvgIpc) is 3.23. The summed E-state index contributed by atoms with van der Waals surface area (Å²) in [4.78, 5) is 20.5. The Balaban J connectivity index is 1.20. The van der Waals surface area contributed by atoms with E-state index in [0.29, 0.717) is 43.6 Å². The number of aliphatic hydroxyl groups is 1. The van der Waals surface area contributed by atoms with Crippen LogP contribution in [0.1, 0.15) is 41.1 Å². The standard InChI is InChI=1S/C22H23N7O3S/c30-20(19-21(14-1-2-14)33-18-11-23-13-28(18)19)17-12-29(26-25-17)16-5-3-15(4-6-16)24-22(31)27-7-9-32-10-8-27/h3-6,11-14,20,30H,1-2,7-10H2,(H,24,31). The summed E-state index contributed by atoms with van der Waals surface area (Å²) in [7, 11) is 0. The minimum Gasteiger partial charge on any atom is -0.380 e. The van der Waals surface area contributed by atoms with E-state index < -0.39 is 6.10 Å². The van der Waals surface area contributed by atoms with Crippen molar-refractivity contribution in [2.45, 2.75) is 24.9 Å². The molecule has 0 spiro atoms. The number of amides is 2. The van der Waals surface area contributed by atoms with E-state index in [4.69, 9.17) is 4.74 Å². The number of carbonyl (C=O) groups excluding carboxylic acids is 1. The Labute approximate surface area is 193 Å². The molecule has 0 radical (unpaired) electrons. The first kappa shape index (κ1) is 20.3. The van der Waals surface area contributed by atoms with Gasteiger partial charge in [-0.1, -0.05) is 5.21 Å². The van der Waals surface area contributed by atoms with Crippen molar-refractivity contribution in [1.29, 1.82) is 0 Å². The third-order valence-corrected chi connectivity index (χ3v) is 7.28. The fourth-order valence-corrected chi connectivity index (χ4v) is 5.36. The van der Waals surface area contributed by atoms with Crippen LogP contribution in [0, 0.1) is 0 Å². The van der Waals surface area contributed by atoms with Crippen LogP contribution in [0.4, 0.5) is 10.5 Å². The van der Waals surface area contributed by atoms with E-state index in [0.717, 1.165) is 29.1 Å². The maximum Gasteiger partial charge on any atom is 0.321 e. The van der Waals surface area contributed by atoms with Crippen molar-refractivity contribution >= 4 is 27.9 Å². The Bertz CT molecular complexity index is 1290. The molecule has 1 atom stereocenters. The Kier molecular flexibility index (Phi) is 5.08. The number of nitrogens with one attached hydrogen (secondary N) is 1. The molecule has 10 nitrogen and oxygen atoms in total. The lowest BCUT2D eigenvalue weighted by Gasteiger charge is -2.26. The number of morpholine rings is 1. The number of carbonyl (C=O) groups is 1. The smallest absolute Gasteiger partial charge is 0.321 e. The summed E-state index contributed by atoms with van der Waals surface area (Å²) < 4.78 is 8.86. The Morgan fingerprint density at radius 2 is 2.00 bits per heavy atom. The molecule has 4 aromatic rings. The summed E-state index contributed by atoms with van der Waals surface area (Å²) in [6.07, 6.45) is 6.72. The van der Waals surface area contributed by atoms with Crippen molar-refractivity contribution in [3.63, 3.8) is 0 Å². The van der Waals surface area contributed by atoms with Gasteiger partial charge in [-0.3, -0.25) is 4.40 Å². The number of urea groups is 1. The van der Waals surface area contributed by atoms with Crippen molar-refractivity contribution in [2.24, 2.45) is 0 Å². The Morgan fingerprint density at radius 3 is 2.76 bits per heavy atom. The van der Waals surface area contributed by atoms with Crippen molar-refractivity contribution in [1.82, 2.24) is 29.3 Å². The van der Waals surface area contributed by atoms with Crippen LogP contribution < -0.4 is 5.32 Å². The predicted octanol–water partition coefficient (Wildman–Crippen LogP) is 2.80. The van der Waals surface area contributed by atoms with E-state index in [9.17, 15) is 9.90 Å². The second-order valence-electron chi connectivity index (χ2n) is 8.29. The molecule has 2 N–H and O–H groups in total. The number of benzene rings is 1. The number of nitrogens with zero attached hydrogens (tertiary/aromatic N) is 6. The van der Waals surface area contributed by atoms with E-state index in [-0.39, 0.29) is 6.03 Å². The normalized spacial score (nSPS) is 17.4. The van der Waals surface area contributed by atoms with E-state index in [1.807, 2.05) is 34.9 Å². The molecule has 2 aliphatic rings. The summed E-state index contributed by atoms with van der Waals surface area (Å²) in [5.41, 5.74) is 2.80. The van der Waals surface area contributed by atoms with Crippen molar-refractivity contribution in [2.75, 3.05) is 31.6 Å². The summed E-state index contributed by atoms with van der Waals surface area (Å²) >= 11 is 1.68. The summed E-state index contributed by atoms with van der Waals surface area (Å²) in [6, 6.07) is 7.22. The molecule has 1 aromatic carbocycles. The highest BCUT2D eigenvalue weighted by atomic mass is 32.1. The largest absolute Gasteiger partial charge is 0.380 e. The van der Waals surface area contributed by atoms with Gasteiger partial charge in [0.1, 0.15) is 23.0 Å². The molecule has 3 aromatic heterocycles. The minimum absolute atomic E-state index is 0.134. The minimum atomic E-state index is -0.885. The van der Waals surface area contributed by atoms with Gasteiger partial charge in [0.05, 0.1) is 37.0 Å². The molecule has 11 heteroatoms. The Hall–Kier alpha value is -3.28. The van der Waals surface area contributed by atoms with E-state index in [1.54, 1.807) is 33.4 Å². The lowest BCUT2D eigenvalue weighted by molar-refractivity contribution is 0.0564. The highest BCUT2D eigenvalue weighted by Crippen LogP contribution is 2.47. The van der Waals surface area contributed by atoms with Crippen molar-refractivity contribution in [3.05, 3.63) is 59.3 Å². The Morgan fingerprint density at radius 1 is 1.21 bits per heavy atom. The number of anilines is 1. The molecular weight excluding hydrogens is 442 g/mol. The van der Waals surface area contributed by atoms with Crippen LogP contribution in [-0.4, -0.2) is 66.7 Å². The zero-order valence-corrected chi connectivity index (χ0v) is 18.6. The number of rotatable bonds is 5. The van der Waals surface area contributed by atoms with Gasteiger partial charge in [-0.2, -0.15) is 0 Å². The first-order valence-corrected chi connectivity index (χ1v) is 11.8. The number of thiazole rings is 1. The first-order valence-electron chi connectivity index (χ1n) is 11.0. The van der Waals surface area contributed by atoms with Gasteiger partial charge in [0, 0.05) is 23.7 Å². The van der Waals surface area contributed by atoms with Crippen LogP contribution in [0.2, 0.25) is 0 Å². The monoisotopic (exact) mass is 465 g/mol. The van der Waals surface area contributed by atoms with Gasteiger partial charge >= 0.3 is 6.03 Å². The SMILES string of the molecule is O=C(Nc1ccc(-n2cc(C(O)c3c(C4CC4)sc4cncn34)nn2)cc1)N1CCOCC1. The molecule has 6 rings (SSSR count). The van der Waals surface area contributed by atoms with Gasteiger partial charge in [-0.25, -0.2) is 14.5 Å². The van der Waals surface area contributed by atoms with Crippen LogP contribution in [-0.2, 0) is 4.74 Å². The van der Waals surface area contributed by atoms with Gasteiger partial charge in [-0.15, -0.1) is 16.4 Å². The molecular formula is C22H23N7O3S. The second-order valence-corrected chi connectivity index (χ2v) is 9.36. The quantitative estimate of drug-likeness (QED) is 0.469. The highest BCUT2D eigenvalue weighted by molar-refractivity contribution is 7.17. The van der Waals surface area contributed by atoms with Gasteiger partial charge < -0.3 is 20.1 Å². The van der Waals surface area contributed by atoms with Crippen LogP contribution in [0.15, 0.2) is 43.0 Å². The van der Waals surface area contributed by atoms with Gasteiger partial charge in [0.2, 0.25) is 0 Å². The molecule has 1 saturated heterocycles. The third kappa shape index (κ3) is 3.88. The molecule has 33 heavy (non-hydrogen) atoms. The van der Waals surface area contributed by atoms with Gasteiger partial charge in [0.25, 0.3) is 0 Å². The maximum absolute atomic E-state index is 12.4. The van der Waals surface area contributed by atoms with E-state index in [2.05, 4.69) is 20.6 Å². The summed E-state index contributed by atoms with van der Waals surface area (Å²) in [5.74, 6) is 0.509. The number of fused-ring (bicyclic) bond motifs is 1. The van der Waals surface area contributed by atoms with Crippen LogP contribution in [0.3, 0.4) is 0 Å². The molecule has 1 unspecified atom stereocenters. The number of aliphatic hydroxyl groups excluding tert-OH is 1. The summed E-state index contributed by atoms with van der Waals surface area (Å²) in [6.45, 7) is 2.30. The predicted molar refractivity (Wildman–Crippen MR) is 122 cm³/mol. The highest BCUT2D eigenvalue weighted by Gasteiger charge is 2.33. The molecule has 2 fully saturated rings. The maximum atomic E-state index is 12.4. The number of ether oxygens (including phenoxy) is 1. The number of aromatic nitrogens is 5. The summed E-state index contributed by atoms with van der Waals surface area (Å²) in [5, 5.41) is 22.5. The molecule has 2 amide bonds. The lowest BCUT2D eigenvalue weighted by Crippen LogP contribution is -2.43. The van der Waals surface area contributed by atoms with Crippen LogP contribution >= 0.6 is 11.3 Å². The molecule has 4 heterocycles. The van der Waals surface area contributed by atoms with Crippen molar-refractivity contribution in [3.8, 4) is 5.69 Å². The lowest BCUT2D eigenvalue weighted by atomic mass is 10.1. The average molecular weight is 466 g/mol. The molecule has 0 bridgehead atoms. The zero-order chi connectivity index (χ0) is 22.4. The first-order chi connectivity index (χ1) is 16.2. The topological polar surface area (TPSA) is 110 Å². The molecule has 1 aliphatic carbocycles. The van der Waals surface area contributed by atoms with Crippen molar-refractivity contribution < 1.29 is 14.6 Å². The fourth-order valence-electron chi connectivity index (χ4n) is 4.06. The molecule has 1 saturated carbocycles. The van der Waals surface area contributed by atoms with Gasteiger partial charge in [0.15, 0.2) is 0 Å². The zero-order valence-electron chi connectivity index (χ0n) is 17.8. The molecule has 1 aliphatic heterocycles. The van der Waals surface area contributed by atoms with Gasteiger partial charge in [-0.05, 0) is 43.0 Å². The number of imidazole rings is 1. The van der Waals surface area contributed by atoms with Crippen LogP contribution in [0.5, 0.6) is 0 Å². The number of hydrogen-bond donors (Lipinski definition) is 2. The van der Waals surface area contributed by atoms with E-state index >= 15 is 0 Å². The van der Waals surface area contributed by atoms with E-state index in [1.165, 1.54) is 4.88 Å². The molecule has 170 valence electrons. The second kappa shape index (κ2) is 8.25. The third-order valence-electron chi connectivity index (χ3n) is 6.01. The fraction of sp³-hybridized carbons (Fsp3) is 0.364.